The highest BCUT2D eigenvalue weighted by molar-refractivity contribution is 7.86. The van der Waals surface area contributed by atoms with Crippen LogP contribution in [0, 0.1) is 10.1 Å². The molecule has 0 aromatic heterocycles. The van der Waals surface area contributed by atoms with Crippen molar-refractivity contribution >= 4 is 22.1 Å². The smallest absolute Gasteiger partial charge is 0.312 e. The van der Waals surface area contributed by atoms with Gasteiger partial charge < -0.3 is 4.18 Å². The molecule has 1 rings (SSSR count). The van der Waals surface area contributed by atoms with E-state index in [1.807, 2.05) is 0 Å². The fourth-order valence-electron chi connectivity index (χ4n) is 0.985. The van der Waals surface area contributed by atoms with Gasteiger partial charge >= 0.3 is 15.8 Å². The van der Waals surface area contributed by atoms with E-state index in [2.05, 4.69) is 4.18 Å². The molecular weight excluding hydrogens is 238 g/mol. The summed E-state index contributed by atoms with van der Waals surface area (Å²) in [5, 5.41) is 10.5. The lowest BCUT2D eigenvalue weighted by Gasteiger charge is -2.03. The first-order chi connectivity index (χ1) is 7.33. The number of nitrogens with zero attached hydrogens (tertiary/aromatic N) is 1. The Hall–Kier alpha value is -1.96. The van der Waals surface area contributed by atoms with Crippen LogP contribution < -0.4 is 4.18 Å². The number of benzene rings is 1. The van der Waals surface area contributed by atoms with Crippen LogP contribution in [0.2, 0.25) is 0 Å². The highest BCUT2D eigenvalue weighted by Gasteiger charge is 2.19. The Balaban J connectivity index is 3.31. The molecule has 0 atom stereocenters. The lowest BCUT2D eigenvalue weighted by Crippen LogP contribution is -2.07. The largest absolute Gasteiger partial charge is 0.375 e. The zero-order chi connectivity index (χ0) is 12.3. The lowest BCUT2D eigenvalue weighted by molar-refractivity contribution is -0.385. The molecule has 1 aromatic carbocycles. The molecule has 0 radical (unpaired) electrons. The Kier molecular flexibility index (Phi) is 3.23. The zero-order valence-electron chi connectivity index (χ0n) is 8.11. The van der Waals surface area contributed by atoms with Crippen LogP contribution in [-0.2, 0) is 10.1 Å². The van der Waals surface area contributed by atoms with Gasteiger partial charge in [0.2, 0.25) is 5.75 Å². The standard InChI is InChI=1S/C8H7NO6S/c1-16(13,14)15-8-4-6(5-10)2-3-7(8)9(11)12/h2-5H,1H3. The molecule has 0 aliphatic rings. The first-order valence-electron chi connectivity index (χ1n) is 3.96. The van der Waals surface area contributed by atoms with E-state index < -0.39 is 26.5 Å². The maximum absolute atomic E-state index is 10.8. The van der Waals surface area contributed by atoms with Crippen LogP contribution in [0.25, 0.3) is 0 Å². The second-order valence-electron chi connectivity index (χ2n) is 2.89. The third-order valence-corrected chi connectivity index (χ3v) is 2.04. The van der Waals surface area contributed by atoms with E-state index in [0.29, 0.717) is 6.29 Å². The van der Waals surface area contributed by atoms with E-state index >= 15 is 0 Å². The molecule has 1 aromatic rings. The van der Waals surface area contributed by atoms with Gasteiger partial charge in [0.15, 0.2) is 0 Å². The van der Waals surface area contributed by atoms with Gasteiger partial charge in [0.1, 0.15) is 6.29 Å². The Morgan fingerprint density at radius 3 is 2.50 bits per heavy atom. The van der Waals surface area contributed by atoms with Crippen LogP contribution in [0.4, 0.5) is 5.69 Å². The Morgan fingerprint density at radius 2 is 2.06 bits per heavy atom. The highest BCUT2D eigenvalue weighted by atomic mass is 32.2. The predicted molar refractivity (Wildman–Crippen MR) is 54.0 cm³/mol. The van der Waals surface area contributed by atoms with Crippen molar-refractivity contribution in [1.29, 1.82) is 0 Å². The van der Waals surface area contributed by atoms with Crippen molar-refractivity contribution in [2.24, 2.45) is 0 Å². The van der Waals surface area contributed by atoms with Crippen molar-refractivity contribution in [3.05, 3.63) is 33.9 Å². The normalized spacial score (nSPS) is 10.8. The molecule has 86 valence electrons. The Labute approximate surface area is 90.9 Å². The number of nitro benzene ring substituents is 1. The quantitative estimate of drug-likeness (QED) is 0.335. The topological polar surface area (TPSA) is 104 Å². The van der Waals surface area contributed by atoms with Crippen LogP contribution in [0.5, 0.6) is 5.75 Å². The van der Waals surface area contributed by atoms with Crippen molar-refractivity contribution in [3.63, 3.8) is 0 Å². The van der Waals surface area contributed by atoms with Gasteiger partial charge in [0.05, 0.1) is 11.2 Å². The van der Waals surface area contributed by atoms with Crippen LogP contribution in [0.3, 0.4) is 0 Å². The van der Waals surface area contributed by atoms with E-state index in [4.69, 9.17) is 0 Å². The molecule has 0 N–H and O–H groups in total. The number of rotatable bonds is 4. The summed E-state index contributed by atoms with van der Waals surface area (Å²) in [4.78, 5) is 20.2. The maximum Gasteiger partial charge on any atom is 0.312 e. The summed E-state index contributed by atoms with van der Waals surface area (Å²) in [6, 6.07) is 3.19. The average molecular weight is 245 g/mol. The number of hydrogen-bond donors (Lipinski definition) is 0. The summed E-state index contributed by atoms with van der Waals surface area (Å²) in [5.41, 5.74) is -0.430. The van der Waals surface area contributed by atoms with Gasteiger partial charge in [-0.05, 0) is 12.1 Å². The van der Waals surface area contributed by atoms with Gasteiger partial charge in [0.25, 0.3) is 0 Å². The number of hydrogen-bond acceptors (Lipinski definition) is 6. The summed E-state index contributed by atoms with van der Waals surface area (Å²) < 4.78 is 26.1. The third-order valence-electron chi connectivity index (χ3n) is 1.56. The van der Waals surface area contributed by atoms with E-state index in [1.54, 1.807) is 0 Å². The number of carbonyl (C=O) groups excluding carboxylic acids is 1. The molecule has 0 bridgehead atoms. The Bertz CT molecular complexity index is 535. The summed E-state index contributed by atoms with van der Waals surface area (Å²) in [5.74, 6) is -0.475. The second kappa shape index (κ2) is 4.27. The van der Waals surface area contributed by atoms with Gasteiger partial charge in [-0.2, -0.15) is 8.42 Å². The van der Waals surface area contributed by atoms with E-state index in [-0.39, 0.29) is 5.56 Å². The molecular formula is C8H7NO6S. The minimum atomic E-state index is -3.88. The first kappa shape index (κ1) is 12.1. The lowest BCUT2D eigenvalue weighted by atomic mass is 10.2. The van der Waals surface area contributed by atoms with Crippen LogP contribution in [-0.4, -0.2) is 25.9 Å². The minimum absolute atomic E-state index is 0.0873. The first-order valence-corrected chi connectivity index (χ1v) is 5.78. The van der Waals surface area contributed by atoms with Crippen molar-refractivity contribution in [3.8, 4) is 5.75 Å². The van der Waals surface area contributed by atoms with Crippen molar-refractivity contribution in [2.45, 2.75) is 0 Å². The molecule has 0 aliphatic heterocycles. The molecule has 0 amide bonds. The van der Waals surface area contributed by atoms with E-state index in [0.717, 1.165) is 18.4 Å². The summed E-state index contributed by atoms with van der Waals surface area (Å²) in [7, 11) is -3.88. The van der Waals surface area contributed by atoms with Gasteiger partial charge in [-0.25, -0.2) is 0 Å². The third kappa shape index (κ3) is 3.02. The number of aldehydes is 1. The predicted octanol–water partition coefficient (Wildman–Crippen LogP) is 0.746. The second-order valence-corrected chi connectivity index (χ2v) is 4.46. The van der Waals surface area contributed by atoms with Crippen molar-refractivity contribution in [1.82, 2.24) is 0 Å². The molecule has 0 spiro atoms. The fraction of sp³-hybridized carbons (Fsp3) is 0.125. The van der Waals surface area contributed by atoms with E-state index in [9.17, 15) is 23.3 Å². The minimum Gasteiger partial charge on any atom is -0.375 e. The fourth-order valence-corrected chi connectivity index (χ4v) is 1.44. The molecule has 0 aliphatic carbocycles. The van der Waals surface area contributed by atoms with Crippen LogP contribution >= 0.6 is 0 Å². The van der Waals surface area contributed by atoms with Gasteiger partial charge in [-0.1, -0.05) is 0 Å². The monoisotopic (exact) mass is 245 g/mol. The van der Waals surface area contributed by atoms with Crippen molar-refractivity contribution < 1.29 is 22.3 Å². The zero-order valence-corrected chi connectivity index (χ0v) is 8.93. The Morgan fingerprint density at radius 1 is 1.44 bits per heavy atom. The maximum atomic E-state index is 10.8. The molecule has 0 saturated carbocycles. The number of nitro groups is 1. The molecule has 16 heavy (non-hydrogen) atoms. The van der Waals surface area contributed by atoms with E-state index in [1.165, 1.54) is 6.07 Å². The molecule has 0 fully saturated rings. The summed E-state index contributed by atoms with van der Waals surface area (Å²) in [6.07, 6.45) is 1.18. The molecule has 7 nitrogen and oxygen atoms in total. The highest BCUT2D eigenvalue weighted by Crippen LogP contribution is 2.28. The summed E-state index contributed by atoms with van der Waals surface area (Å²) >= 11 is 0. The summed E-state index contributed by atoms with van der Waals surface area (Å²) in [6.45, 7) is 0. The van der Waals surface area contributed by atoms with Crippen LogP contribution in [0.15, 0.2) is 18.2 Å². The van der Waals surface area contributed by atoms with Gasteiger partial charge in [-0.3, -0.25) is 14.9 Å². The van der Waals surface area contributed by atoms with Crippen molar-refractivity contribution in [2.75, 3.05) is 6.26 Å². The van der Waals surface area contributed by atoms with Gasteiger partial charge in [-0.15, -0.1) is 0 Å². The number of carbonyl (C=O) groups is 1. The SMILES string of the molecule is CS(=O)(=O)Oc1cc(C=O)ccc1[N+](=O)[O-]. The molecule has 8 heteroatoms. The molecule has 0 heterocycles. The average Bonchev–Trinajstić information content (AvgIpc) is 2.14. The van der Waals surface area contributed by atoms with Gasteiger partial charge in [0, 0.05) is 11.6 Å². The molecule has 0 unspecified atom stereocenters. The van der Waals surface area contributed by atoms with Crippen LogP contribution in [0.1, 0.15) is 10.4 Å². The molecule has 0 saturated heterocycles.